The van der Waals surface area contributed by atoms with Gasteiger partial charge in [0.15, 0.2) is 0 Å². The van der Waals surface area contributed by atoms with Gasteiger partial charge in [0.2, 0.25) is 0 Å². The van der Waals surface area contributed by atoms with Crippen LogP contribution < -0.4 is 15.0 Å². The average molecular weight is 385 g/mol. The van der Waals surface area contributed by atoms with Gasteiger partial charge in [0.25, 0.3) is 11.8 Å². The van der Waals surface area contributed by atoms with Crippen molar-refractivity contribution in [1.82, 2.24) is 5.32 Å². The monoisotopic (exact) mass is 384 g/mol. The van der Waals surface area contributed by atoms with Crippen molar-refractivity contribution in [3.05, 3.63) is 64.7 Å². The smallest absolute Gasteiger partial charge is 0.335 e. The van der Waals surface area contributed by atoms with Crippen LogP contribution in [0.3, 0.4) is 0 Å². The number of hydrogen-bond donors (Lipinski definition) is 1. The van der Waals surface area contributed by atoms with Crippen molar-refractivity contribution in [2.75, 3.05) is 4.90 Å². The van der Waals surface area contributed by atoms with Crippen LogP contribution in [0, 0.1) is 0 Å². The summed E-state index contributed by atoms with van der Waals surface area (Å²) in [7, 11) is 0. The number of halogens is 1. The predicted octanol–water partition coefficient (Wildman–Crippen LogP) is 2.93. The molecular weight excluding hydrogens is 372 g/mol. The van der Waals surface area contributed by atoms with Gasteiger partial charge in [-0.05, 0) is 36.4 Å². The standard InChI is InChI=1S/C19H13ClN2O5/c1-11(23)27-16-5-3-2-4-12(16)10-15-17(24)21-19(26)22(18(15)25)14-8-6-13(20)7-9-14/h2-10H,1H3,(H,21,24,26)/b15-10-. The molecule has 0 unspecified atom stereocenters. The number of anilines is 1. The van der Waals surface area contributed by atoms with Crippen LogP contribution in [0.5, 0.6) is 5.75 Å². The maximum Gasteiger partial charge on any atom is 0.335 e. The summed E-state index contributed by atoms with van der Waals surface area (Å²) in [4.78, 5) is 49.2. The molecule has 136 valence electrons. The summed E-state index contributed by atoms with van der Waals surface area (Å²) in [5, 5.41) is 2.56. The molecule has 1 aliphatic rings. The van der Waals surface area contributed by atoms with Crippen LogP contribution in [0.25, 0.3) is 6.08 Å². The summed E-state index contributed by atoms with van der Waals surface area (Å²) < 4.78 is 5.08. The number of para-hydroxylation sites is 1. The Labute approximate surface area is 159 Å². The SMILES string of the molecule is CC(=O)Oc1ccccc1/C=C1/C(=O)NC(=O)N(c2ccc(Cl)cc2)C1=O. The number of urea groups is 1. The van der Waals surface area contributed by atoms with E-state index >= 15 is 0 Å². The van der Waals surface area contributed by atoms with Gasteiger partial charge in [-0.3, -0.25) is 19.7 Å². The van der Waals surface area contributed by atoms with Gasteiger partial charge in [0.05, 0.1) is 5.69 Å². The van der Waals surface area contributed by atoms with Crippen LogP contribution in [0.4, 0.5) is 10.5 Å². The Kier molecular flexibility index (Phi) is 5.05. The minimum Gasteiger partial charge on any atom is -0.426 e. The largest absolute Gasteiger partial charge is 0.426 e. The number of hydrogen-bond acceptors (Lipinski definition) is 5. The molecule has 0 aliphatic carbocycles. The molecule has 0 bridgehead atoms. The molecular formula is C19H13ClN2O5. The minimum atomic E-state index is -0.863. The Hall–Kier alpha value is -3.45. The first kappa shape index (κ1) is 18.3. The minimum absolute atomic E-state index is 0.188. The summed E-state index contributed by atoms with van der Waals surface area (Å²) in [5.74, 6) is -2.00. The molecule has 0 atom stereocenters. The summed E-state index contributed by atoms with van der Waals surface area (Å²) in [6.07, 6.45) is 1.27. The van der Waals surface area contributed by atoms with E-state index in [1.807, 2.05) is 0 Å². The van der Waals surface area contributed by atoms with Gasteiger partial charge in [0.1, 0.15) is 11.3 Å². The lowest BCUT2D eigenvalue weighted by Gasteiger charge is -2.26. The van der Waals surface area contributed by atoms with Crippen LogP contribution in [-0.4, -0.2) is 23.8 Å². The van der Waals surface area contributed by atoms with E-state index in [9.17, 15) is 19.2 Å². The zero-order valence-corrected chi connectivity index (χ0v) is 14.8. The molecule has 0 aromatic heterocycles. The second-order valence-corrected chi connectivity index (χ2v) is 6.00. The fourth-order valence-corrected chi connectivity index (χ4v) is 2.61. The molecule has 7 nitrogen and oxygen atoms in total. The highest BCUT2D eigenvalue weighted by molar-refractivity contribution is 6.39. The molecule has 1 saturated heterocycles. The molecule has 1 heterocycles. The van der Waals surface area contributed by atoms with Crippen LogP contribution in [0.2, 0.25) is 5.02 Å². The van der Waals surface area contributed by atoms with E-state index in [1.165, 1.54) is 43.3 Å². The Morgan fingerprint density at radius 3 is 2.41 bits per heavy atom. The molecule has 0 radical (unpaired) electrons. The molecule has 0 saturated carbocycles. The number of esters is 1. The van der Waals surface area contributed by atoms with Gasteiger partial charge in [-0.25, -0.2) is 9.69 Å². The first-order chi connectivity index (χ1) is 12.9. The maximum absolute atomic E-state index is 12.8. The Bertz CT molecular complexity index is 982. The molecule has 0 spiro atoms. The molecule has 27 heavy (non-hydrogen) atoms. The number of nitrogens with one attached hydrogen (secondary N) is 1. The fourth-order valence-electron chi connectivity index (χ4n) is 2.49. The quantitative estimate of drug-likeness (QED) is 0.380. The first-order valence-corrected chi connectivity index (χ1v) is 8.19. The van der Waals surface area contributed by atoms with Crippen molar-refractivity contribution in [1.29, 1.82) is 0 Å². The molecule has 2 aromatic carbocycles. The third kappa shape index (κ3) is 3.88. The van der Waals surface area contributed by atoms with E-state index in [1.54, 1.807) is 18.2 Å². The number of carbonyl (C=O) groups is 4. The van der Waals surface area contributed by atoms with E-state index in [4.69, 9.17) is 16.3 Å². The number of ether oxygens (including phenoxy) is 1. The number of barbiturate groups is 1. The Balaban J connectivity index is 2.02. The van der Waals surface area contributed by atoms with Crippen molar-refractivity contribution in [2.24, 2.45) is 0 Å². The van der Waals surface area contributed by atoms with Crippen LogP contribution in [0.15, 0.2) is 54.1 Å². The maximum atomic E-state index is 12.8. The molecule has 8 heteroatoms. The highest BCUT2D eigenvalue weighted by Crippen LogP contribution is 2.26. The van der Waals surface area contributed by atoms with E-state index in [-0.39, 0.29) is 17.0 Å². The van der Waals surface area contributed by atoms with Crippen molar-refractivity contribution in [2.45, 2.75) is 6.92 Å². The molecule has 4 amide bonds. The molecule has 1 aliphatic heterocycles. The lowest BCUT2D eigenvalue weighted by molar-refractivity contribution is -0.132. The molecule has 1 N–H and O–H groups in total. The second kappa shape index (κ2) is 7.43. The number of carbonyl (C=O) groups excluding carboxylic acids is 4. The first-order valence-electron chi connectivity index (χ1n) is 7.81. The van der Waals surface area contributed by atoms with E-state index < -0.39 is 23.8 Å². The third-order valence-corrected chi connectivity index (χ3v) is 3.91. The van der Waals surface area contributed by atoms with E-state index in [0.29, 0.717) is 10.6 Å². The summed E-state index contributed by atoms with van der Waals surface area (Å²) >= 11 is 5.83. The lowest BCUT2D eigenvalue weighted by Crippen LogP contribution is -2.54. The average Bonchev–Trinajstić information content (AvgIpc) is 2.61. The van der Waals surface area contributed by atoms with Crippen LogP contribution in [-0.2, 0) is 14.4 Å². The zero-order chi connectivity index (χ0) is 19.6. The number of rotatable bonds is 3. The highest BCUT2D eigenvalue weighted by Gasteiger charge is 2.36. The van der Waals surface area contributed by atoms with Gasteiger partial charge in [0, 0.05) is 17.5 Å². The van der Waals surface area contributed by atoms with E-state index in [2.05, 4.69) is 5.32 Å². The lowest BCUT2D eigenvalue weighted by atomic mass is 10.1. The van der Waals surface area contributed by atoms with Gasteiger partial charge in [-0.2, -0.15) is 0 Å². The van der Waals surface area contributed by atoms with Gasteiger partial charge in [-0.1, -0.05) is 29.8 Å². The fraction of sp³-hybridized carbons (Fsp3) is 0.0526. The highest BCUT2D eigenvalue weighted by atomic mass is 35.5. The number of nitrogens with zero attached hydrogens (tertiary/aromatic N) is 1. The zero-order valence-electron chi connectivity index (χ0n) is 14.1. The molecule has 3 rings (SSSR count). The number of imide groups is 2. The van der Waals surface area contributed by atoms with Gasteiger partial charge in [-0.15, -0.1) is 0 Å². The van der Waals surface area contributed by atoms with Crippen molar-refractivity contribution in [3.63, 3.8) is 0 Å². The predicted molar refractivity (Wildman–Crippen MR) is 98.2 cm³/mol. The van der Waals surface area contributed by atoms with E-state index in [0.717, 1.165) is 4.90 Å². The van der Waals surface area contributed by atoms with Crippen molar-refractivity contribution < 1.29 is 23.9 Å². The van der Waals surface area contributed by atoms with Crippen molar-refractivity contribution in [3.8, 4) is 5.75 Å². The topological polar surface area (TPSA) is 92.8 Å². The molecule has 2 aromatic rings. The Morgan fingerprint density at radius 1 is 1.07 bits per heavy atom. The number of amides is 4. The molecule has 1 fully saturated rings. The number of benzene rings is 2. The van der Waals surface area contributed by atoms with Crippen LogP contribution >= 0.6 is 11.6 Å². The normalized spacial score (nSPS) is 15.7. The summed E-state index contributed by atoms with van der Waals surface area (Å²) in [5.41, 5.74) is 0.328. The third-order valence-electron chi connectivity index (χ3n) is 3.66. The van der Waals surface area contributed by atoms with Crippen molar-refractivity contribution >= 4 is 47.2 Å². The second-order valence-electron chi connectivity index (χ2n) is 5.57. The van der Waals surface area contributed by atoms with Gasteiger partial charge >= 0.3 is 12.0 Å². The van der Waals surface area contributed by atoms with Crippen LogP contribution in [0.1, 0.15) is 12.5 Å². The van der Waals surface area contributed by atoms with Gasteiger partial charge < -0.3 is 4.74 Å². The summed E-state index contributed by atoms with van der Waals surface area (Å²) in [6, 6.07) is 11.6. The Morgan fingerprint density at radius 2 is 1.74 bits per heavy atom. The summed E-state index contributed by atoms with van der Waals surface area (Å²) in [6.45, 7) is 1.24.